The second-order valence-corrected chi connectivity index (χ2v) is 2.89. The van der Waals surface area contributed by atoms with Gasteiger partial charge in [0.2, 0.25) is 0 Å². The molecule has 0 spiro atoms. The van der Waals surface area contributed by atoms with Gasteiger partial charge in [-0.2, -0.15) is 0 Å². The van der Waals surface area contributed by atoms with Crippen molar-refractivity contribution in [3.63, 3.8) is 0 Å². The number of carboxylic acid groups (broad SMARTS) is 1. The van der Waals surface area contributed by atoms with Crippen molar-refractivity contribution in [3.8, 4) is 0 Å². The van der Waals surface area contributed by atoms with Crippen LogP contribution < -0.4 is 11.5 Å². The van der Waals surface area contributed by atoms with Crippen LogP contribution in [0.5, 0.6) is 0 Å². The molecule has 6 heteroatoms. The number of aliphatic carboxylic acids is 1. The highest BCUT2D eigenvalue weighted by atomic mass is 16.5. The number of rotatable bonds is 4. The summed E-state index contributed by atoms with van der Waals surface area (Å²) in [5.74, 6) is -1.27. The van der Waals surface area contributed by atoms with E-state index in [2.05, 4.69) is 4.74 Å². The Labute approximate surface area is 89.6 Å². The monoisotopic (exact) mass is 220 g/mol. The van der Waals surface area contributed by atoms with Crippen LogP contribution in [-0.2, 0) is 14.3 Å². The molecular formula is C9H20N2O4. The maximum Gasteiger partial charge on any atom is 0.322 e. The van der Waals surface area contributed by atoms with Crippen molar-refractivity contribution in [3.05, 3.63) is 0 Å². The average molecular weight is 220 g/mol. The van der Waals surface area contributed by atoms with Gasteiger partial charge in [0, 0.05) is 0 Å². The maximum atomic E-state index is 10.4. The first kappa shape index (κ1) is 16.3. The fraction of sp³-hybridized carbons (Fsp3) is 0.778. The lowest BCUT2D eigenvalue weighted by atomic mass is 10.2. The number of esters is 1. The molecule has 0 heterocycles. The Morgan fingerprint density at radius 1 is 1.20 bits per heavy atom. The van der Waals surface area contributed by atoms with E-state index in [4.69, 9.17) is 16.6 Å². The summed E-state index contributed by atoms with van der Waals surface area (Å²) in [5.41, 5.74) is 10.3. The van der Waals surface area contributed by atoms with Crippen LogP contribution in [0.25, 0.3) is 0 Å². The van der Waals surface area contributed by atoms with Crippen molar-refractivity contribution in [1.82, 2.24) is 0 Å². The van der Waals surface area contributed by atoms with E-state index < -0.39 is 18.1 Å². The Hall–Kier alpha value is -1.14. The molecule has 0 saturated carbocycles. The van der Waals surface area contributed by atoms with Gasteiger partial charge in [-0.1, -0.05) is 13.8 Å². The smallest absolute Gasteiger partial charge is 0.322 e. The summed E-state index contributed by atoms with van der Waals surface area (Å²) in [6.45, 7) is 3.57. The van der Waals surface area contributed by atoms with Gasteiger partial charge < -0.3 is 21.3 Å². The summed E-state index contributed by atoms with van der Waals surface area (Å²) >= 11 is 0. The first-order chi connectivity index (χ1) is 6.90. The third-order valence-electron chi connectivity index (χ3n) is 1.70. The lowest BCUT2D eigenvalue weighted by molar-refractivity contribution is -0.142. The van der Waals surface area contributed by atoms with Gasteiger partial charge in [0.25, 0.3) is 0 Å². The van der Waals surface area contributed by atoms with Gasteiger partial charge in [0.05, 0.1) is 7.11 Å². The van der Waals surface area contributed by atoms with Crippen molar-refractivity contribution in [2.45, 2.75) is 38.8 Å². The quantitative estimate of drug-likeness (QED) is 0.560. The SMILES string of the molecule is CC[C@H](N)C(=O)O.CC[C@H](N)C(=O)OC. The molecule has 90 valence electrons. The Kier molecular flexibility index (Phi) is 10.2. The largest absolute Gasteiger partial charge is 0.480 e. The summed E-state index contributed by atoms with van der Waals surface area (Å²) < 4.78 is 4.34. The van der Waals surface area contributed by atoms with Crippen LogP contribution >= 0.6 is 0 Å². The molecular weight excluding hydrogens is 200 g/mol. The molecule has 0 saturated heterocycles. The van der Waals surface area contributed by atoms with Crippen LogP contribution in [0.15, 0.2) is 0 Å². The van der Waals surface area contributed by atoms with Gasteiger partial charge in [0.1, 0.15) is 12.1 Å². The van der Waals surface area contributed by atoms with E-state index in [-0.39, 0.29) is 5.97 Å². The number of hydrogen-bond donors (Lipinski definition) is 3. The number of carbonyl (C=O) groups excluding carboxylic acids is 1. The normalized spacial score (nSPS) is 13.1. The predicted molar refractivity (Wildman–Crippen MR) is 56.2 cm³/mol. The van der Waals surface area contributed by atoms with Gasteiger partial charge in [0.15, 0.2) is 0 Å². The van der Waals surface area contributed by atoms with E-state index >= 15 is 0 Å². The number of hydrogen-bond acceptors (Lipinski definition) is 5. The lowest BCUT2D eigenvalue weighted by Gasteiger charge is -2.03. The molecule has 0 amide bonds. The van der Waals surface area contributed by atoms with Crippen molar-refractivity contribution in [2.24, 2.45) is 11.5 Å². The van der Waals surface area contributed by atoms with E-state index in [9.17, 15) is 9.59 Å². The molecule has 0 fully saturated rings. The van der Waals surface area contributed by atoms with Crippen LogP contribution in [0.2, 0.25) is 0 Å². The minimum absolute atomic E-state index is 0.340. The maximum absolute atomic E-state index is 10.4. The molecule has 0 aromatic heterocycles. The molecule has 0 radical (unpaired) electrons. The summed E-state index contributed by atoms with van der Waals surface area (Å²) in [6.07, 6.45) is 1.13. The van der Waals surface area contributed by atoms with Crippen molar-refractivity contribution in [2.75, 3.05) is 7.11 Å². The molecule has 0 bridgehead atoms. The first-order valence-corrected chi connectivity index (χ1v) is 4.72. The zero-order valence-corrected chi connectivity index (χ0v) is 9.40. The molecule has 6 nitrogen and oxygen atoms in total. The highest BCUT2D eigenvalue weighted by Gasteiger charge is 2.08. The third kappa shape index (κ3) is 9.17. The molecule has 0 rings (SSSR count). The summed E-state index contributed by atoms with van der Waals surface area (Å²) in [5, 5.41) is 8.06. The highest BCUT2D eigenvalue weighted by Crippen LogP contribution is 1.86. The molecule has 0 aliphatic heterocycles. The minimum atomic E-state index is -0.928. The average Bonchev–Trinajstić information content (AvgIpc) is 2.26. The van der Waals surface area contributed by atoms with Crippen LogP contribution in [0, 0.1) is 0 Å². The van der Waals surface area contributed by atoms with Gasteiger partial charge in [-0.3, -0.25) is 9.59 Å². The Balaban J connectivity index is 0. The Morgan fingerprint density at radius 2 is 1.60 bits per heavy atom. The standard InChI is InChI=1S/C5H11NO2.C4H9NO2/c1-3-4(6)5(7)8-2;1-2-3(5)4(6)7/h4H,3,6H2,1-2H3;3H,2,5H2,1H3,(H,6,7)/t4-;3-/m00/s1. The third-order valence-corrected chi connectivity index (χ3v) is 1.70. The number of methoxy groups -OCH3 is 1. The number of ether oxygens (including phenoxy) is 1. The van der Waals surface area contributed by atoms with E-state index in [1.807, 2.05) is 6.92 Å². The van der Waals surface area contributed by atoms with Gasteiger partial charge in [-0.25, -0.2) is 0 Å². The van der Waals surface area contributed by atoms with Crippen LogP contribution in [0.3, 0.4) is 0 Å². The molecule has 0 aromatic rings. The van der Waals surface area contributed by atoms with E-state index in [1.54, 1.807) is 6.92 Å². The van der Waals surface area contributed by atoms with Crippen LogP contribution in [0.1, 0.15) is 26.7 Å². The Morgan fingerprint density at radius 3 is 1.67 bits per heavy atom. The first-order valence-electron chi connectivity index (χ1n) is 4.72. The molecule has 15 heavy (non-hydrogen) atoms. The van der Waals surface area contributed by atoms with Crippen LogP contribution in [0.4, 0.5) is 0 Å². The van der Waals surface area contributed by atoms with Crippen molar-refractivity contribution in [1.29, 1.82) is 0 Å². The number of carbonyl (C=O) groups is 2. The van der Waals surface area contributed by atoms with Gasteiger partial charge in [-0.05, 0) is 12.8 Å². The molecule has 0 aliphatic rings. The van der Waals surface area contributed by atoms with E-state index in [0.29, 0.717) is 12.8 Å². The van der Waals surface area contributed by atoms with Crippen LogP contribution in [-0.4, -0.2) is 36.2 Å². The van der Waals surface area contributed by atoms with Crippen molar-refractivity contribution >= 4 is 11.9 Å². The van der Waals surface area contributed by atoms with E-state index in [1.165, 1.54) is 7.11 Å². The van der Waals surface area contributed by atoms with Gasteiger partial charge in [-0.15, -0.1) is 0 Å². The number of carboxylic acids is 1. The van der Waals surface area contributed by atoms with Gasteiger partial charge >= 0.3 is 11.9 Å². The fourth-order valence-corrected chi connectivity index (χ4v) is 0.493. The minimum Gasteiger partial charge on any atom is -0.480 e. The van der Waals surface area contributed by atoms with E-state index in [0.717, 1.165) is 0 Å². The predicted octanol–water partition coefficient (Wildman–Crippen LogP) is -0.295. The fourth-order valence-electron chi connectivity index (χ4n) is 0.493. The molecule has 5 N–H and O–H groups in total. The molecule has 0 unspecified atom stereocenters. The molecule has 0 aliphatic carbocycles. The Bertz CT molecular complexity index is 197. The number of nitrogens with two attached hydrogens (primary N) is 2. The lowest BCUT2D eigenvalue weighted by Crippen LogP contribution is -2.30. The second-order valence-electron chi connectivity index (χ2n) is 2.89. The van der Waals surface area contributed by atoms with Crippen molar-refractivity contribution < 1.29 is 19.4 Å². The highest BCUT2D eigenvalue weighted by molar-refractivity contribution is 5.75. The zero-order chi connectivity index (χ0) is 12.4. The summed E-state index contributed by atoms with van der Waals surface area (Å²) in [4.78, 5) is 20.2. The molecule has 0 aromatic carbocycles. The zero-order valence-electron chi connectivity index (χ0n) is 9.40. The second kappa shape index (κ2) is 9.42. The molecule has 2 atom stereocenters. The summed E-state index contributed by atoms with van der Waals surface area (Å²) in [7, 11) is 1.33. The summed E-state index contributed by atoms with van der Waals surface area (Å²) in [6, 6.07) is -1.13. The topological polar surface area (TPSA) is 116 Å².